The van der Waals surface area contributed by atoms with Crippen molar-refractivity contribution in [3.05, 3.63) is 6.33 Å². The van der Waals surface area contributed by atoms with Crippen LogP contribution >= 0.6 is 15.6 Å². The number of aromatic nitrogens is 4. The summed E-state index contributed by atoms with van der Waals surface area (Å²) in [4.78, 5) is 39.0. The summed E-state index contributed by atoms with van der Waals surface area (Å²) in [5, 5.41) is 3.18. The van der Waals surface area contributed by atoms with Crippen LogP contribution in [-0.4, -0.2) is 59.1 Å². The van der Waals surface area contributed by atoms with Crippen molar-refractivity contribution in [1.29, 1.82) is 0 Å². The summed E-state index contributed by atoms with van der Waals surface area (Å²) in [7, 11) is -10.3. The summed E-state index contributed by atoms with van der Waals surface area (Å²) in [6.45, 7) is -0.636. The van der Waals surface area contributed by atoms with Gasteiger partial charge in [0.05, 0.1) is 19.0 Å². The number of fused-ring (bicyclic) bond motifs is 1. The maximum Gasteiger partial charge on any atom is 0.481 e. The molecule has 0 aromatic carbocycles. The van der Waals surface area contributed by atoms with Crippen molar-refractivity contribution in [2.75, 3.05) is 17.7 Å². The highest BCUT2D eigenvalue weighted by Crippen LogP contribution is 2.57. The number of rotatable bonds is 8. The van der Waals surface area contributed by atoms with Gasteiger partial charge in [-0.15, -0.1) is 0 Å². The fraction of sp³-hybridized carbons (Fsp3) is 0.615. The number of phosphoric ester groups is 1. The van der Waals surface area contributed by atoms with E-state index in [4.69, 9.17) is 20.3 Å². The zero-order chi connectivity index (χ0) is 21.7. The predicted molar refractivity (Wildman–Crippen MR) is 98.7 cm³/mol. The largest absolute Gasteiger partial charge is 0.481 e. The number of phosphoric acid groups is 2. The Balaban J connectivity index is 1.48. The highest BCUT2D eigenvalue weighted by atomic mass is 31.3. The Labute approximate surface area is 168 Å². The normalized spacial score (nSPS) is 26.7. The van der Waals surface area contributed by atoms with Crippen LogP contribution in [0.3, 0.4) is 0 Å². The minimum Gasteiger partial charge on any atom is -0.368 e. The van der Waals surface area contributed by atoms with Crippen molar-refractivity contribution >= 4 is 38.6 Å². The number of nitrogen functional groups attached to an aromatic ring is 1. The maximum atomic E-state index is 14.6. The highest BCUT2D eigenvalue weighted by Gasteiger charge is 2.40. The van der Waals surface area contributed by atoms with E-state index in [1.807, 2.05) is 0 Å². The van der Waals surface area contributed by atoms with Gasteiger partial charge in [-0.25, -0.2) is 18.5 Å². The number of hydrogen-bond donors (Lipinski definition) is 5. The monoisotopic (exact) mass is 468 g/mol. The molecule has 0 radical (unpaired) electrons. The average molecular weight is 468 g/mol. The van der Waals surface area contributed by atoms with Crippen LogP contribution in [0.2, 0.25) is 0 Å². The molecule has 0 amide bonds. The third-order valence-corrected chi connectivity index (χ3v) is 6.55. The first-order chi connectivity index (χ1) is 14.0. The summed E-state index contributed by atoms with van der Waals surface area (Å²) in [5.74, 6) is 0.402. The zero-order valence-electron chi connectivity index (χ0n) is 15.2. The molecule has 17 heteroatoms. The zero-order valence-corrected chi connectivity index (χ0v) is 17.0. The molecule has 14 nitrogen and oxygen atoms in total. The Hall–Kier alpha value is -1.70. The number of hydrogen-bond acceptors (Lipinski definition) is 10. The van der Waals surface area contributed by atoms with Crippen molar-refractivity contribution in [3.63, 3.8) is 0 Å². The number of halogens is 1. The smallest absolute Gasteiger partial charge is 0.368 e. The molecule has 1 saturated heterocycles. The Morgan fingerprint density at radius 3 is 2.73 bits per heavy atom. The minimum absolute atomic E-state index is 0.0310. The van der Waals surface area contributed by atoms with Gasteiger partial charge >= 0.3 is 15.6 Å². The number of nitrogens with two attached hydrogens (primary N) is 1. The molecule has 1 saturated carbocycles. The maximum absolute atomic E-state index is 14.6. The fourth-order valence-electron chi connectivity index (χ4n) is 3.03. The molecule has 166 valence electrons. The highest BCUT2D eigenvalue weighted by molar-refractivity contribution is 7.60. The fourth-order valence-corrected chi connectivity index (χ4v) is 4.65. The molecule has 0 spiro atoms. The van der Waals surface area contributed by atoms with Gasteiger partial charge in [0, 0.05) is 12.5 Å². The lowest BCUT2D eigenvalue weighted by Gasteiger charge is -2.17. The van der Waals surface area contributed by atoms with E-state index in [0.29, 0.717) is 11.3 Å². The minimum atomic E-state index is -5.25. The molecular weight excluding hydrogens is 449 g/mol. The van der Waals surface area contributed by atoms with Gasteiger partial charge in [0.2, 0.25) is 5.95 Å². The molecule has 1 aliphatic carbocycles. The van der Waals surface area contributed by atoms with E-state index in [1.54, 1.807) is 0 Å². The van der Waals surface area contributed by atoms with E-state index in [9.17, 15) is 18.4 Å². The van der Waals surface area contributed by atoms with E-state index in [1.165, 1.54) is 10.9 Å². The van der Waals surface area contributed by atoms with Gasteiger partial charge in [-0.2, -0.15) is 14.3 Å². The molecule has 3 heterocycles. The van der Waals surface area contributed by atoms with Crippen LogP contribution < -0.4 is 11.1 Å². The molecule has 2 aromatic rings. The molecular formula is C13H19FN6O8P2. The van der Waals surface area contributed by atoms with E-state index in [2.05, 4.69) is 29.1 Å². The summed E-state index contributed by atoms with van der Waals surface area (Å²) >= 11 is 0. The lowest BCUT2D eigenvalue weighted by molar-refractivity contribution is -0.0346. The van der Waals surface area contributed by atoms with Gasteiger partial charge in [-0.05, 0) is 12.8 Å². The lowest BCUT2D eigenvalue weighted by atomic mass is 10.2. The second-order valence-electron chi connectivity index (χ2n) is 6.91. The topological polar surface area (TPSA) is 204 Å². The van der Waals surface area contributed by atoms with Crippen LogP contribution in [0.4, 0.5) is 16.2 Å². The van der Waals surface area contributed by atoms with E-state index >= 15 is 0 Å². The van der Waals surface area contributed by atoms with Crippen molar-refractivity contribution < 1.29 is 41.8 Å². The van der Waals surface area contributed by atoms with Crippen molar-refractivity contribution in [2.45, 2.75) is 43.8 Å². The van der Waals surface area contributed by atoms with Crippen LogP contribution in [0.15, 0.2) is 6.33 Å². The average Bonchev–Trinajstić information content (AvgIpc) is 3.19. The van der Waals surface area contributed by atoms with Gasteiger partial charge in [0.1, 0.15) is 6.17 Å². The third-order valence-electron chi connectivity index (χ3n) is 4.39. The summed E-state index contributed by atoms with van der Waals surface area (Å²) < 4.78 is 51.9. The summed E-state index contributed by atoms with van der Waals surface area (Å²) in [6.07, 6.45) is -0.620. The first kappa shape index (κ1) is 21.5. The number of imidazole rings is 1. The van der Waals surface area contributed by atoms with Gasteiger partial charge in [0.25, 0.3) is 0 Å². The first-order valence-corrected chi connectivity index (χ1v) is 11.8. The molecule has 2 aliphatic rings. The molecule has 6 N–H and O–H groups in total. The van der Waals surface area contributed by atoms with Gasteiger partial charge in [-0.3, -0.25) is 9.09 Å². The molecule has 0 bridgehead atoms. The molecule has 4 atom stereocenters. The second kappa shape index (κ2) is 7.77. The first-order valence-electron chi connectivity index (χ1n) is 8.81. The number of anilines is 2. The van der Waals surface area contributed by atoms with Crippen LogP contribution in [0, 0.1) is 0 Å². The van der Waals surface area contributed by atoms with Crippen LogP contribution in [-0.2, 0) is 22.7 Å². The Bertz CT molecular complexity index is 1040. The molecule has 4 rings (SSSR count). The molecule has 1 unspecified atom stereocenters. The number of alkyl halides is 1. The number of nitrogens with one attached hydrogen (secondary N) is 1. The molecule has 1 aliphatic heterocycles. The van der Waals surface area contributed by atoms with Crippen molar-refractivity contribution in [1.82, 2.24) is 19.5 Å². The molecule has 2 aromatic heterocycles. The Kier molecular flexibility index (Phi) is 5.58. The Morgan fingerprint density at radius 1 is 1.33 bits per heavy atom. The van der Waals surface area contributed by atoms with E-state index in [0.717, 1.165) is 12.8 Å². The summed E-state index contributed by atoms with van der Waals surface area (Å²) in [5.41, 5.74) is 6.40. The second-order valence-corrected chi connectivity index (χ2v) is 9.74. The van der Waals surface area contributed by atoms with Gasteiger partial charge < -0.3 is 30.5 Å². The molecule has 2 fully saturated rings. The number of nitrogens with zero attached hydrogens (tertiary/aromatic N) is 4. The Morgan fingerprint density at radius 2 is 2.07 bits per heavy atom. The van der Waals surface area contributed by atoms with Crippen molar-refractivity contribution in [3.8, 4) is 0 Å². The van der Waals surface area contributed by atoms with Crippen LogP contribution in [0.25, 0.3) is 11.2 Å². The van der Waals surface area contributed by atoms with E-state index in [-0.39, 0.29) is 24.1 Å². The number of ether oxygens (including phenoxy) is 1. The predicted octanol–water partition coefficient (Wildman–Crippen LogP) is 0.835. The van der Waals surface area contributed by atoms with Crippen LogP contribution in [0.1, 0.15) is 25.5 Å². The van der Waals surface area contributed by atoms with Gasteiger partial charge in [-0.1, -0.05) is 0 Å². The standard InChI is InChI=1S/C13H19FN6O8P2/c14-8-3-7(4-26-30(24,25)28-29(21,22)23)27-12(8)20-5-16-9-10(17-6-1-2-6)18-13(15)19-11(9)20/h5-8,12H,1-4H2,(H,24,25)(H2,21,22,23)(H3,15,17,18,19)/t7-,8-,12+/m0/s1. The van der Waals surface area contributed by atoms with E-state index < -0.39 is 40.8 Å². The summed E-state index contributed by atoms with van der Waals surface area (Å²) in [6, 6.07) is 0.273. The lowest BCUT2D eigenvalue weighted by Crippen LogP contribution is -2.18. The van der Waals surface area contributed by atoms with Crippen molar-refractivity contribution in [2.24, 2.45) is 0 Å². The third kappa shape index (κ3) is 4.95. The van der Waals surface area contributed by atoms with Crippen LogP contribution in [0.5, 0.6) is 0 Å². The SMILES string of the molecule is Nc1nc(NC2CC2)c2ncn([C@@H]3O[C@H](COP(=O)(O)OP(=O)(O)O)C[C@@H]3F)c2n1. The van der Waals surface area contributed by atoms with Gasteiger partial charge in [0.15, 0.2) is 23.2 Å². The molecule has 30 heavy (non-hydrogen) atoms. The quantitative estimate of drug-likeness (QED) is 0.341.